The van der Waals surface area contributed by atoms with Crippen LogP contribution in [0.4, 0.5) is 18.0 Å². The number of hydrogen-bond acceptors (Lipinski definition) is 6. The Morgan fingerprint density at radius 3 is 2.74 bits per heavy atom. The third-order valence-corrected chi connectivity index (χ3v) is 7.55. The van der Waals surface area contributed by atoms with Crippen LogP contribution >= 0.6 is 0 Å². The first-order valence-electron chi connectivity index (χ1n) is 12.2. The molecule has 34 heavy (non-hydrogen) atoms. The van der Waals surface area contributed by atoms with Gasteiger partial charge in [-0.15, -0.1) is 0 Å². The molecule has 2 aliphatic carbocycles. The Morgan fingerprint density at radius 1 is 1.21 bits per heavy atom. The van der Waals surface area contributed by atoms with Gasteiger partial charge in [-0.1, -0.05) is 32.3 Å². The molecule has 2 bridgehead atoms. The fourth-order valence-corrected chi connectivity index (χ4v) is 6.11. The predicted octanol–water partition coefficient (Wildman–Crippen LogP) is 5.21. The van der Waals surface area contributed by atoms with Crippen LogP contribution in [0, 0.1) is 5.92 Å². The molecule has 4 rings (SSSR count). The Bertz CT molecular complexity index is 916. The first-order chi connectivity index (χ1) is 16.1. The Labute approximate surface area is 197 Å². The molecule has 1 aromatic carbocycles. The highest BCUT2D eigenvalue weighted by Crippen LogP contribution is 2.54. The number of alkyl halides is 3. The predicted molar refractivity (Wildman–Crippen MR) is 118 cm³/mol. The smallest absolute Gasteiger partial charge is 0.447 e. The molecule has 2 fully saturated rings. The van der Waals surface area contributed by atoms with Crippen LogP contribution in [0.3, 0.4) is 0 Å². The Balaban J connectivity index is 1.59. The highest BCUT2D eigenvalue weighted by atomic mass is 19.4. The molecule has 0 spiro atoms. The lowest BCUT2D eigenvalue weighted by molar-refractivity contribution is -0.194. The molecule has 1 saturated carbocycles. The largest absolute Gasteiger partial charge is 0.512 e. The molecule has 1 saturated heterocycles. The molecule has 1 N–H and O–H groups in total. The van der Waals surface area contributed by atoms with Crippen molar-refractivity contribution in [1.82, 2.24) is 5.32 Å². The van der Waals surface area contributed by atoms with E-state index in [1.165, 1.54) is 6.42 Å². The zero-order valence-corrected chi connectivity index (χ0v) is 19.6. The number of rotatable bonds is 7. The number of hydrogen-bond donors (Lipinski definition) is 1. The van der Waals surface area contributed by atoms with Gasteiger partial charge in [0.15, 0.2) is 0 Å². The lowest BCUT2D eigenvalue weighted by Crippen LogP contribution is -2.59. The third kappa shape index (κ3) is 4.90. The standard InChI is InChI=1S/C25H32F3NO5/c1-3-6-15(2)32-23(31)34-22(21(30)25(26,27)28)33-17-9-8-16-13-20-18-7-4-5-10-24(18,11-12-29-20)19(16)14-17/h8-9,14-15,18,20,22,29H,3-7,10-13H2,1-2H3/t15?,18-,20+,22?,24+/m0/s1. The van der Waals surface area contributed by atoms with Crippen LogP contribution in [0.5, 0.6) is 5.75 Å². The van der Waals surface area contributed by atoms with Crippen molar-refractivity contribution in [3.8, 4) is 5.75 Å². The molecule has 1 aliphatic heterocycles. The summed E-state index contributed by atoms with van der Waals surface area (Å²) >= 11 is 0. The van der Waals surface area contributed by atoms with Crippen LogP contribution in [0.25, 0.3) is 0 Å². The van der Waals surface area contributed by atoms with Crippen molar-refractivity contribution >= 4 is 11.9 Å². The van der Waals surface area contributed by atoms with Crippen molar-refractivity contribution < 1.29 is 37.0 Å². The fourth-order valence-electron chi connectivity index (χ4n) is 6.11. The van der Waals surface area contributed by atoms with Crippen molar-refractivity contribution in [2.75, 3.05) is 6.54 Å². The highest BCUT2D eigenvalue weighted by Gasteiger charge is 2.52. The maximum Gasteiger partial charge on any atom is 0.512 e. The van der Waals surface area contributed by atoms with Crippen molar-refractivity contribution in [3.05, 3.63) is 29.3 Å². The summed E-state index contributed by atoms with van der Waals surface area (Å²) in [6, 6.07) is 5.55. The van der Waals surface area contributed by atoms with Gasteiger partial charge >= 0.3 is 24.4 Å². The van der Waals surface area contributed by atoms with E-state index in [1.54, 1.807) is 19.1 Å². The first kappa shape index (κ1) is 24.8. The van der Waals surface area contributed by atoms with Gasteiger partial charge in [-0.25, -0.2) is 4.79 Å². The van der Waals surface area contributed by atoms with Gasteiger partial charge in [-0.05, 0) is 74.8 Å². The normalized spacial score (nSPS) is 27.6. The van der Waals surface area contributed by atoms with Crippen LogP contribution in [0.15, 0.2) is 18.2 Å². The van der Waals surface area contributed by atoms with E-state index in [4.69, 9.17) is 14.2 Å². The molecule has 6 nitrogen and oxygen atoms in total. The quantitative estimate of drug-likeness (QED) is 0.424. The zero-order chi connectivity index (χ0) is 24.5. The minimum Gasteiger partial charge on any atom is -0.447 e. The maximum atomic E-state index is 13.2. The summed E-state index contributed by atoms with van der Waals surface area (Å²) < 4.78 is 54.8. The molecule has 1 aromatic rings. The molecule has 0 amide bonds. The van der Waals surface area contributed by atoms with Crippen LogP contribution in [0.1, 0.15) is 69.9 Å². The number of halogens is 3. The molecular formula is C25H32F3NO5. The van der Waals surface area contributed by atoms with E-state index >= 15 is 0 Å². The molecule has 0 radical (unpaired) electrons. The number of carbonyl (C=O) groups is 2. The first-order valence-corrected chi connectivity index (χ1v) is 12.2. The topological polar surface area (TPSA) is 73.9 Å². The van der Waals surface area contributed by atoms with E-state index in [0.717, 1.165) is 49.8 Å². The average molecular weight is 484 g/mol. The molecule has 5 atom stereocenters. The second-order valence-corrected chi connectivity index (χ2v) is 9.74. The minimum absolute atomic E-state index is 0.0416. The van der Waals surface area contributed by atoms with Gasteiger partial charge < -0.3 is 19.5 Å². The summed E-state index contributed by atoms with van der Waals surface area (Å²) in [5.74, 6) is -1.75. The van der Waals surface area contributed by atoms with E-state index in [9.17, 15) is 22.8 Å². The van der Waals surface area contributed by atoms with Gasteiger partial charge in [0.25, 0.3) is 0 Å². The number of ketones is 1. The average Bonchev–Trinajstić information content (AvgIpc) is 2.78. The van der Waals surface area contributed by atoms with Gasteiger partial charge in [0, 0.05) is 11.5 Å². The fraction of sp³-hybridized carbons (Fsp3) is 0.680. The SMILES string of the molecule is CCCC(C)OC(=O)OC(Oc1ccc2c(c1)[C@@]13CCCC[C@H]1[C@@H](C2)NCC3)C(=O)C(F)(F)F. The maximum absolute atomic E-state index is 13.2. The van der Waals surface area contributed by atoms with E-state index in [0.29, 0.717) is 24.8 Å². The molecule has 2 unspecified atom stereocenters. The zero-order valence-electron chi connectivity index (χ0n) is 19.6. The number of fused-ring (bicyclic) bond motifs is 1. The van der Waals surface area contributed by atoms with Gasteiger partial charge in [0.05, 0.1) is 0 Å². The summed E-state index contributed by atoms with van der Waals surface area (Å²) in [5.41, 5.74) is 2.19. The third-order valence-electron chi connectivity index (χ3n) is 7.55. The van der Waals surface area contributed by atoms with E-state index < -0.39 is 30.5 Å². The van der Waals surface area contributed by atoms with Gasteiger partial charge in [0.2, 0.25) is 0 Å². The monoisotopic (exact) mass is 483 g/mol. The van der Waals surface area contributed by atoms with Crippen molar-refractivity contribution in [2.24, 2.45) is 5.92 Å². The molecule has 188 valence electrons. The molecule has 0 aromatic heterocycles. The van der Waals surface area contributed by atoms with Crippen molar-refractivity contribution in [1.29, 1.82) is 0 Å². The number of benzene rings is 1. The summed E-state index contributed by atoms with van der Waals surface area (Å²) in [6.45, 7) is 4.37. The van der Waals surface area contributed by atoms with Gasteiger partial charge in [-0.3, -0.25) is 4.79 Å². The summed E-state index contributed by atoms with van der Waals surface area (Å²) in [4.78, 5) is 24.1. The molecule has 3 aliphatic rings. The van der Waals surface area contributed by atoms with Crippen LogP contribution < -0.4 is 10.1 Å². The Hall–Kier alpha value is -2.29. The van der Waals surface area contributed by atoms with E-state index in [1.807, 2.05) is 13.0 Å². The number of piperidine rings is 1. The lowest BCUT2D eigenvalue weighted by atomic mass is 9.53. The van der Waals surface area contributed by atoms with Crippen LogP contribution in [0.2, 0.25) is 0 Å². The summed E-state index contributed by atoms with van der Waals surface area (Å²) in [7, 11) is 0. The number of ether oxygens (including phenoxy) is 3. The lowest BCUT2D eigenvalue weighted by Gasteiger charge is -2.56. The second-order valence-electron chi connectivity index (χ2n) is 9.74. The number of nitrogens with one attached hydrogen (secondary N) is 1. The van der Waals surface area contributed by atoms with E-state index in [-0.39, 0.29) is 11.2 Å². The molecule has 1 heterocycles. The van der Waals surface area contributed by atoms with Crippen LogP contribution in [-0.4, -0.2) is 43.1 Å². The Kier molecular flexibility index (Phi) is 7.12. The van der Waals surface area contributed by atoms with Crippen molar-refractivity contribution in [2.45, 2.75) is 95.2 Å². The summed E-state index contributed by atoms with van der Waals surface area (Å²) in [5, 5.41) is 3.64. The number of carbonyl (C=O) groups excluding carboxylic acids is 2. The molecular weight excluding hydrogens is 451 g/mol. The van der Waals surface area contributed by atoms with Gasteiger partial charge in [0.1, 0.15) is 11.9 Å². The Morgan fingerprint density at radius 2 is 2.00 bits per heavy atom. The molecule has 9 heteroatoms. The van der Waals surface area contributed by atoms with E-state index in [2.05, 4.69) is 5.32 Å². The number of Topliss-reactive ketones (excluding diaryl/α,β-unsaturated/α-hetero) is 1. The minimum atomic E-state index is -5.23. The van der Waals surface area contributed by atoms with Crippen molar-refractivity contribution in [3.63, 3.8) is 0 Å². The summed E-state index contributed by atoms with van der Waals surface area (Å²) in [6.07, 6.45) is -2.18. The van der Waals surface area contributed by atoms with Gasteiger partial charge in [-0.2, -0.15) is 13.2 Å². The highest BCUT2D eigenvalue weighted by molar-refractivity contribution is 5.88. The second kappa shape index (κ2) is 9.76. The van der Waals surface area contributed by atoms with Crippen LogP contribution in [-0.2, 0) is 26.1 Å².